The number of hydrogen-bond acceptors (Lipinski definition) is 3. The van der Waals surface area contributed by atoms with Crippen LogP contribution in [-0.4, -0.2) is 15.5 Å². The van der Waals surface area contributed by atoms with Crippen molar-refractivity contribution in [3.63, 3.8) is 0 Å². The zero-order valence-corrected chi connectivity index (χ0v) is 12.3. The first kappa shape index (κ1) is 14.0. The molecule has 5 heteroatoms. The van der Waals surface area contributed by atoms with Crippen molar-refractivity contribution in [3.8, 4) is 11.3 Å². The minimum Gasteiger partial charge on any atom is -0.326 e. The quantitative estimate of drug-likeness (QED) is 0.789. The molecular weight excluding hydrogens is 278 g/mol. The van der Waals surface area contributed by atoms with Crippen LogP contribution in [0.2, 0.25) is 0 Å². The Bertz CT molecular complexity index is 929. The number of amides is 1. The number of anilines is 1. The van der Waals surface area contributed by atoms with Gasteiger partial charge in [-0.15, -0.1) is 0 Å². The summed E-state index contributed by atoms with van der Waals surface area (Å²) < 4.78 is 1.57. The first-order valence-corrected chi connectivity index (χ1v) is 6.90. The van der Waals surface area contributed by atoms with Gasteiger partial charge in [-0.05, 0) is 18.2 Å². The number of nitrogens with one attached hydrogen (secondary N) is 1. The number of fused-ring (bicyclic) bond motifs is 1. The molecule has 0 spiro atoms. The molecule has 0 bridgehead atoms. The number of aryl methyl sites for hydroxylation is 1. The summed E-state index contributed by atoms with van der Waals surface area (Å²) in [5.41, 5.74) is 2.83. The number of benzene rings is 2. The van der Waals surface area contributed by atoms with E-state index in [1.54, 1.807) is 29.8 Å². The van der Waals surface area contributed by atoms with Gasteiger partial charge in [-0.1, -0.05) is 30.3 Å². The molecule has 3 aromatic rings. The monoisotopic (exact) mass is 293 g/mol. The van der Waals surface area contributed by atoms with E-state index < -0.39 is 0 Å². The number of nitrogens with zero attached hydrogens (tertiary/aromatic N) is 2. The van der Waals surface area contributed by atoms with Crippen LogP contribution in [0.5, 0.6) is 0 Å². The molecule has 2 aromatic carbocycles. The van der Waals surface area contributed by atoms with E-state index in [2.05, 4.69) is 10.3 Å². The normalized spacial score (nSPS) is 10.6. The minimum absolute atomic E-state index is 0.190. The number of rotatable bonds is 2. The van der Waals surface area contributed by atoms with Crippen molar-refractivity contribution in [1.29, 1.82) is 0 Å². The molecule has 1 aromatic heterocycles. The molecule has 110 valence electrons. The second kappa shape index (κ2) is 5.44. The molecule has 0 saturated carbocycles. The van der Waals surface area contributed by atoms with Gasteiger partial charge in [0.2, 0.25) is 5.91 Å². The molecule has 0 atom stereocenters. The highest BCUT2D eigenvalue weighted by Crippen LogP contribution is 2.25. The van der Waals surface area contributed by atoms with Gasteiger partial charge in [0, 0.05) is 19.5 Å². The van der Waals surface area contributed by atoms with Crippen molar-refractivity contribution in [3.05, 3.63) is 58.9 Å². The van der Waals surface area contributed by atoms with Crippen molar-refractivity contribution in [2.75, 3.05) is 5.32 Å². The van der Waals surface area contributed by atoms with Crippen LogP contribution in [0, 0.1) is 0 Å². The highest BCUT2D eigenvalue weighted by Gasteiger charge is 2.14. The second-order valence-corrected chi connectivity index (χ2v) is 5.04. The van der Waals surface area contributed by atoms with E-state index in [1.807, 2.05) is 30.3 Å². The largest absolute Gasteiger partial charge is 0.326 e. The Hall–Kier alpha value is -2.95. The van der Waals surface area contributed by atoms with Gasteiger partial charge in [-0.3, -0.25) is 9.59 Å². The van der Waals surface area contributed by atoms with Gasteiger partial charge in [0.15, 0.2) is 0 Å². The van der Waals surface area contributed by atoms with E-state index in [4.69, 9.17) is 0 Å². The Labute approximate surface area is 127 Å². The van der Waals surface area contributed by atoms with Gasteiger partial charge >= 0.3 is 0 Å². The summed E-state index contributed by atoms with van der Waals surface area (Å²) in [4.78, 5) is 28.4. The van der Waals surface area contributed by atoms with E-state index >= 15 is 0 Å². The van der Waals surface area contributed by atoms with Crippen LogP contribution in [0.1, 0.15) is 6.92 Å². The van der Waals surface area contributed by atoms with E-state index in [0.717, 1.165) is 11.0 Å². The molecule has 22 heavy (non-hydrogen) atoms. The van der Waals surface area contributed by atoms with Crippen LogP contribution in [-0.2, 0) is 11.8 Å². The SMILES string of the molecule is CC(=O)Nc1ccccc1-c1nc2ccccc2n(C)c1=O. The molecule has 3 rings (SSSR count). The maximum atomic E-state index is 12.6. The predicted molar refractivity (Wildman–Crippen MR) is 86.7 cm³/mol. The molecule has 1 heterocycles. The van der Waals surface area contributed by atoms with Gasteiger partial charge in [0.25, 0.3) is 5.56 Å². The van der Waals surface area contributed by atoms with Gasteiger partial charge in [0.05, 0.1) is 16.7 Å². The number of hydrogen-bond donors (Lipinski definition) is 1. The first-order chi connectivity index (χ1) is 10.6. The van der Waals surface area contributed by atoms with Crippen molar-refractivity contribution in [1.82, 2.24) is 9.55 Å². The molecule has 5 nitrogen and oxygen atoms in total. The van der Waals surface area contributed by atoms with Crippen LogP contribution in [0.25, 0.3) is 22.3 Å². The van der Waals surface area contributed by atoms with Crippen LogP contribution in [0.15, 0.2) is 53.3 Å². The Morgan fingerprint density at radius 3 is 2.55 bits per heavy atom. The standard InChI is InChI=1S/C17H15N3O2/c1-11(21)18-13-8-4-3-7-12(13)16-17(22)20(2)15-10-6-5-9-14(15)19-16/h3-10H,1-2H3,(H,18,21). The van der Waals surface area contributed by atoms with Crippen LogP contribution >= 0.6 is 0 Å². The highest BCUT2D eigenvalue weighted by atomic mass is 16.1. The Kier molecular flexibility index (Phi) is 3.47. The van der Waals surface area contributed by atoms with Gasteiger partial charge in [-0.25, -0.2) is 4.98 Å². The summed E-state index contributed by atoms with van der Waals surface area (Å²) in [6, 6.07) is 14.6. The Morgan fingerprint density at radius 1 is 1.09 bits per heavy atom. The van der Waals surface area contributed by atoms with Gasteiger partial charge in [0.1, 0.15) is 5.69 Å². The Balaban J connectivity index is 2.30. The third kappa shape index (κ3) is 2.37. The lowest BCUT2D eigenvalue weighted by atomic mass is 10.1. The third-order valence-electron chi connectivity index (χ3n) is 3.48. The fourth-order valence-electron chi connectivity index (χ4n) is 2.44. The second-order valence-electron chi connectivity index (χ2n) is 5.04. The van der Waals surface area contributed by atoms with E-state index in [1.165, 1.54) is 6.92 Å². The van der Waals surface area contributed by atoms with Crippen molar-refractivity contribution >= 4 is 22.6 Å². The molecule has 0 aliphatic carbocycles. The van der Waals surface area contributed by atoms with Crippen LogP contribution in [0.3, 0.4) is 0 Å². The van der Waals surface area contributed by atoms with Crippen molar-refractivity contribution in [2.24, 2.45) is 7.05 Å². The topological polar surface area (TPSA) is 64.0 Å². The number of aromatic nitrogens is 2. The first-order valence-electron chi connectivity index (χ1n) is 6.90. The average Bonchev–Trinajstić information content (AvgIpc) is 2.51. The van der Waals surface area contributed by atoms with Crippen LogP contribution < -0.4 is 10.9 Å². The maximum absolute atomic E-state index is 12.6. The van der Waals surface area contributed by atoms with E-state index in [9.17, 15) is 9.59 Å². The lowest BCUT2D eigenvalue weighted by molar-refractivity contribution is -0.114. The molecule has 0 fully saturated rings. The summed E-state index contributed by atoms with van der Waals surface area (Å²) in [6.07, 6.45) is 0. The fraction of sp³-hybridized carbons (Fsp3) is 0.118. The third-order valence-corrected chi connectivity index (χ3v) is 3.48. The molecule has 1 N–H and O–H groups in total. The lowest BCUT2D eigenvalue weighted by Gasteiger charge is -2.11. The fourth-order valence-corrected chi connectivity index (χ4v) is 2.44. The highest BCUT2D eigenvalue weighted by molar-refractivity contribution is 5.94. The van der Waals surface area contributed by atoms with Crippen molar-refractivity contribution in [2.45, 2.75) is 6.92 Å². The molecule has 0 saturated heterocycles. The molecule has 0 radical (unpaired) electrons. The van der Waals surface area contributed by atoms with Gasteiger partial charge in [-0.2, -0.15) is 0 Å². The minimum atomic E-state index is -0.198. The van der Waals surface area contributed by atoms with Gasteiger partial charge < -0.3 is 9.88 Å². The molecular formula is C17H15N3O2. The summed E-state index contributed by atoms with van der Waals surface area (Å²) in [7, 11) is 1.72. The number of para-hydroxylation sites is 3. The Morgan fingerprint density at radius 2 is 1.77 bits per heavy atom. The summed E-state index contributed by atoms with van der Waals surface area (Å²) in [6.45, 7) is 1.43. The average molecular weight is 293 g/mol. The molecule has 0 aliphatic rings. The molecule has 1 amide bonds. The molecule has 0 unspecified atom stereocenters. The van der Waals surface area contributed by atoms with Crippen molar-refractivity contribution < 1.29 is 4.79 Å². The van der Waals surface area contributed by atoms with Crippen LogP contribution in [0.4, 0.5) is 5.69 Å². The summed E-state index contributed by atoms with van der Waals surface area (Å²) in [5.74, 6) is -0.190. The smallest absolute Gasteiger partial charge is 0.277 e. The number of carbonyl (C=O) groups is 1. The molecule has 0 aliphatic heterocycles. The van der Waals surface area contributed by atoms with E-state index in [0.29, 0.717) is 16.9 Å². The zero-order valence-electron chi connectivity index (χ0n) is 12.3. The summed E-state index contributed by atoms with van der Waals surface area (Å²) >= 11 is 0. The predicted octanol–water partition coefficient (Wildman–Crippen LogP) is 2.56. The zero-order chi connectivity index (χ0) is 15.7. The lowest BCUT2D eigenvalue weighted by Crippen LogP contribution is -2.21. The summed E-state index contributed by atoms with van der Waals surface area (Å²) in [5, 5.41) is 2.74. The van der Waals surface area contributed by atoms with E-state index in [-0.39, 0.29) is 11.5 Å². The maximum Gasteiger partial charge on any atom is 0.277 e. The number of carbonyl (C=O) groups excluding carboxylic acids is 1.